The van der Waals surface area contributed by atoms with Gasteiger partial charge in [0.2, 0.25) is 0 Å². The van der Waals surface area contributed by atoms with Crippen molar-refractivity contribution in [2.24, 2.45) is 14.1 Å². The van der Waals surface area contributed by atoms with Gasteiger partial charge in [0.1, 0.15) is 0 Å². The third-order valence-corrected chi connectivity index (χ3v) is 4.01. The lowest BCUT2D eigenvalue weighted by molar-refractivity contribution is 0.0806. The molecule has 2 heterocycles. The Hall–Kier alpha value is -2.10. The Labute approximate surface area is 119 Å². The van der Waals surface area contributed by atoms with E-state index in [0.29, 0.717) is 11.4 Å². The molecule has 0 amide bonds. The molecule has 0 saturated heterocycles. The second-order valence-corrected chi connectivity index (χ2v) is 5.45. The van der Waals surface area contributed by atoms with E-state index in [-0.39, 0.29) is 0 Å². The van der Waals surface area contributed by atoms with E-state index in [9.17, 15) is 9.59 Å². The molecule has 0 saturated carbocycles. The van der Waals surface area contributed by atoms with Crippen molar-refractivity contribution in [3.8, 4) is 0 Å². The molecule has 0 aromatic carbocycles. The maximum absolute atomic E-state index is 12.5. The van der Waals surface area contributed by atoms with Gasteiger partial charge in [-0.15, -0.1) is 0 Å². The average molecular weight is 272 g/mol. The normalized spacial score (nSPS) is 10.9. The van der Waals surface area contributed by atoms with Crippen LogP contribution in [0.1, 0.15) is 43.2 Å². The Morgan fingerprint density at radius 3 is 1.25 bits per heavy atom. The zero-order chi connectivity index (χ0) is 15.2. The van der Waals surface area contributed by atoms with Gasteiger partial charge in [0.05, 0.1) is 11.4 Å². The summed E-state index contributed by atoms with van der Waals surface area (Å²) in [7, 11) is 3.59. The number of aromatic nitrogens is 2. The number of carbonyl (C=O) groups is 2. The fourth-order valence-corrected chi connectivity index (χ4v) is 2.68. The maximum atomic E-state index is 12.5. The molecule has 2 aromatic heterocycles. The average Bonchev–Trinajstić information content (AvgIpc) is 2.76. The first-order chi connectivity index (χ1) is 9.25. The summed E-state index contributed by atoms with van der Waals surface area (Å²) in [5.74, 6) is -0.884. The lowest BCUT2D eigenvalue weighted by Crippen LogP contribution is -2.21. The topological polar surface area (TPSA) is 44.0 Å². The monoisotopic (exact) mass is 272 g/mol. The van der Waals surface area contributed by atoms with Crippen LogP contribution in [-0.2, 0) is 14.1 Å². The molecule has 0 aliphatic heterocycles. The lowest BCUT2D eigenvalue weighted by atomic mass is 10.0. The van der Waals surface area contributed by atoms with E-state index in [1.54, 1.807) is 23.2 Å². The van der Waals surface area contributed by atoms with Gasteiger partial charge in [0.25, 0.3) is 11.6 Å². The molecule has 2 aromatic rings. The van der Waals surface area contributed by atoms with Crippen molar-refractivity contribution in [2.75, 3.05) is 0 Å². The van der Waals surface area contributed by atoms with E-state index in [1.165, 1.54) is 0 Å². The zero-order valence-corrected chi connectivity index (χ0v) is 12.9. The van der Waals surface area contributed by atoms with Gasteiger partial charge >= 0.3 is 0 Å². The minimum Gasteiger partial charge on any atom is -0.347 e. The SMILES string of the molecule is Cc1cn(C)c(C(=O)C(=O)c2c(C)c(C)cn2C)c1C. The number of ketones is 2. The first-order valence-electron chi connectivity index (χ1n) is 6.59. The number of Topliss-reactive ketones (excluding diaryl/α,β-unsaturated/α-hetero) is 2. The summed E-state index contributed by atoms with van der Waals surface area (Å²) in [5, 5.41) is 0. The first-order valence-corrected chi connectivity index (χ1v) is 6.59. The van der Waals surface area contributed by atoms with E-state index in [2.05, 4.69) is 0 Å². The highest BCUT2D eigenvalue weighted by Gasteiger charge is 2.27. The van der Waals surface area contributed by atoms with E-state index in [0.717, 1.165) is 22.3 Å². The third kappa shape index (κ3) is 2.01. The fourth-order valence-electron chi connectivity index (χ4n) is 2.68. The molecule has 0 atom stereocenters. The maximum Gasteiger partial charge on any atom is 0.251 e. The van der Waals surface area contributed by atoms with Crippen LogP contribution in [0, 0.1) is 27.7 Å². The highest BCUT2D eigenvalue weighted by Crippen LogP contribution is 2.20. The van der Waals surface area contributed by atoms with E-state index < -0.39 is 11.6 Å². The molecule has 4 heteroatoms. The molecule has 2 rings (SSSR count). The summed E-state index contributed by atoms with van der Waals surface area (Å²) >= 11 is 0. The van der Waals surface area contributed by atoms with Crippen molar-refractivity contribution in [1.29, 1.82) is 0 Å². The lowest BCUT2D eigenvalue weighted by Gasteiger charge is -2.06. The summed E-state index contributed by atoms with van der Waals surface area (Å²) in [6.45, 7) is 7.63. The predicted octanol–water partition coefficient (Wildman–Crippen LogP) is 2.66. The minimum atomic E-state index is -0.442. The molecule has 20 heavy (non-hydrogen) atoms. The molecule has 0 unspecified atom stereocenters. The predicted molar refractivity (Wildman–Crippen MR) is 78.4 cm³/mol. The van der Waals surface area contributed by atoms with Gasteiger partial charge in [0, 0.05) is 26.5 Å². The molecule has 0 spiro atoms. The van der Waals surface area contributed by atoms with Crippen LogP contribution in [0.4, 0.5) is 0 Å². The largest absolute Gasteiger partial charge is 0.347 e. The van der Waals surface area contributed by atoms with Crippen LogP contribution in [0.3, 0.4) is 0 Å². The van der Waals surface area contributed by atoms with Gasteiger partial charge in [-0.2, -0.15) is 0 Å². The summed E-state index contributed by atoms with van der Waals surface area (Å²) < 4.78 is 3.46. The van der Waals surface area contributed by atoms with E-state index in [1.807, 2.05) is 40.1 Å². The number of aryl methyl sites for hydroxylation is 4. The number of carbonyl (C=O) groups excluding carboxylic acids is 2. The number of hydrogen-bond acceptors (Lipinski definition) is 2. The summed E-state index contributed by atoms with van der Waals surface area (Å²) in [6.07, 6.45) is 3.75. The van der Waals surface area contributed by atoms with Crippen molar-refractivity contribution in [2.45, 2.75) is 27.7 Å². The Morgan fingerprint density at radius 1 is 0.750 bits per heavy atom. The van der Waals surface area contributed by atoms with Crippen molar-refractivity contribution >= 4 is 11.6 Å². The van der Waals surface area contributed by atoms with Crippen LogP contribution < -0.4 is 0 Å². The molecule has 106 valence electrons. The summed E-state index contributed by atoms with van der Waals surface area (Å²) in [5.41, 5.74) is 4.73. The van der Waals surface area contributed by atoms with Crippen LogP contribution in [0.2, 0.25) is 0 Å². The van der Waals surface area contributed by atoms with Crippen molar-refractivity contribution in [3.05, 3.63) is 46.0 Å². The molecule has 4 nitrogen and oxygen atoms in total. The minimum absolute atomic E-state index is 0.442. The van der Waals surface area contributed by atoms with Gasteiger partial charge < -0.3 is 9.13 Å². The van der Waals surface area contributed by atoms with E-state index >= 15 is 0 Å². The quantitative estimate of drug-likeness (QED) is 0.637. The molecular formula is C16H20N2O2. The Kier molecular flexibility index (Phi) is 3.42. The van der Waals surface area contributed by atoms with Gasteiger partial charge in [-0.1, -0.05) is 0 Å². The number of nitrogens with zero attached hydrogens (tertiary/aromatic N) is 2. The molecule has 0 fully saturated rings. The number of hydrogen-bond donors (Lipinski definition) is 0. The van der Waals surface area contributed by atoms with Crippen molar-refractivity contribution in [3.63, 3.8) is 0 Å². The highest BCUT2D eigenvalue weighted by atomic mass is 16.2. The second-order valence-electron chi connectivity index (χ2n) is 5.45. The molecule has 0 N–H and O–H groups in total. The van der Waals surface area contributed by atoms with Gasteiger partial charge in [-0.25, -0.2) is 0 Å². The summed E-state index contributed by atoms with van der Waals surface area (Å²) in [6, 6.07) is 0. The summed E-state index contributed by atoms with van der Waals surface area (Å²) in [4.78, 5) is 25.1. The van der Waals surface area contributed by atoms with Gasteiger partial charge in [-0.05, 0) is 49.9 Å². The van der Waals surface area contributed by atoms with Crippen molar-refractivity contribution < 1.29 is 9.59 Å². The molecule has 0 radical (unpaired) electrons. The van der Waals surface area contributed by atoms with Crippen molar-refractivity contribution in [1.82, 2.24) is 9.13 Å². The standard InChI is InChI=1S/C16H20N2O2/c1-9-7-17(5)13(11(9)3)15(19)16(20)14-12(4)10(2)8-18(14)6/h7-8H,1-6H3. The fraction of sp³-hybridized carbons (Fsp3) is 0.375. The molecule has 0 aliphatic carbocycles. The van der Waals surface area contributed by atoms with Gasteiger partial charge in [-0.3, -0.25) is 9.59 Å². The molecular weight excluding hydrogens is 252 g/mol. The van der Waals surface area contributed by atoms with Gasteiger partial charge in [0.15, 0.2) is 0 Å². The molecule has 0 aliphatic rings. The third-order valence-electron chi connectivity index (χ3n) is 4.01. The van der Waals surface area contributed by atoms with Crippen LogP contribution in [0.15, 0.2) is 12.4 Å². The van der Waals surface area contributed by atoms with Crippen LogP contribution in [0.25, 0.3) is 0 Å². The van der Waals surface area contributed by atoms with Crippen LogP contribution in [0.5, 0.6) is 0 Å². The molecule has 0 bridgehead atoms. The van der Waals surface area contributed by atoms with Crippen LogP contribution in [-0.4, -0.2) is 20.7 Å². The van der Waals surface area contributed by atoms with Crippen LogP contribution >= 0.6 is 0 Å². The Balaban J connectivity index is 2.51. The first kappa shape index (κ1) is 14.3. The highest BCUT2D eigenvalue weighted by molar-refractivity contribution is 6.49. The Morgan fingerprint density at radius 2 is 1.05 bits per heavy atom. The second kappa shape index (κ2) is 4.78. The Bertz CT molecular complexity index is 655. The number of rotatable bonds is 3. The zero-order valence-electron chi connectivity index (χ0n) is 12.9. The van der Waals surface area contributed by atoms with E-state index in [4.69, 9.17) is 0 Å². The smallest absolute Gasteiger partial charge is 0.251 e.